The third-order valence-corrected chi connectivity index (χ3v) is 4.41. The summed E-state index contributed by atoms with van der Waals surface area (Å²) in [4.78, 5) is 3.94. The van der Waals surface area contributed by atoms with Crippen molar-refractivity contribution < 1.29 is 8.42 Å². The summed E-state index contributed by atoms with van der Waals surface area (Å²) in [5.41, 5.74) is 0. The maximum atomic E-state index is 11.9. The first-order chi connectivity index (χ1) is 7.58. The number of hydrogen-bond donors (Lipinski definition) is 1. The van der Waals surface area contributed by atoms with Gasteiger partial charge in [0.2, 0.25) is 10.0 Å². The Morgan fingerprint density at radius 1 is 1.38 bits per heavy atom. The molecule has 0 spiro atoms. The Morgan fingerprint density at radius 3 is 2.69 bits per heavy atom. The summed E-state index contributed by atoms with van der Waals surface area (Å²) in [5, 5.41) is 0.189. The molecule has 0 bridgehead atoms. The van der Waals surface area contributed by atoms with Gasteiger partial charge in [-0.25, -0.2) is 18.1 Å². The van der Waals surface area contributed by atoms with Crippen LogP contribution in [0.5, 0.6) is 0 Å². The summed E-state index contributed by atoms with van der Waals surface area (Å²) >= 11 is 5.66. The van der Waals surface area contributed by atoms with Gasteiger partial charge in [0.1, 0.15) is 5.15 Å². The van der Waals surface area contributed by atoms with Crippen LogP contribution in [0.4, 0.5) is 0 Å². The molecule has 2 rings (SSSR count). The van der Waals surface area contributed by atoms with Gasteiger partial charge >= 0.3 is 0 Å². The highest BCUT2D eigenvalue weighted by molar-refractivity contribution is 7.89. The van der Waals surface area contributed by atoms with Crippen LogP contribution >= 0.6 is 11.6 Å². The average Bonchev–Trinajstić information content (AvgIpc) is 2.70. The number of rotatable bonds is 3. The SMILES string of the molecule is O=S(=O)(NC1CCCC1)c1ccnc(Cl)c1. The summed E-state index contributed by atoms with van der Waals surface area (Å²) in [6.45, 7) is 0. The number of aromatic nitrogens is 1. The van der Waals surface area contributed by atoms with Gasteiger partial charge in [-0.15, -0.1) is 0 Å². The van der Waals surface area contributed by atoms with Gasteiger partial charge in [0.05, 0.1) is 4.90 Å². The molecule has 1 aliphatic rings. The van der Waals surface area contributed by atoms with Crippen LogP contribution in [0.1, 0.15) is 25.7 Å². The molecule has 1 saturated carbocycles. The van der Waals surface area contributed by atoms with Crippen LogP contribution in [-0.4, -0.2) is 19.4 Å². The van der Waals surface area contributed by atoms with Crippen molar-refractivity contribution in [2.24, 2.45) is 0 Å². The monoisotopic (exact) mass is 260 g/mol. The fourth-order valence-corrected chi connectivity index (χ4v) is 3.44. The highest BCUT2D eigenvalue weighted by Gasteiger charge is 2.22. The molecule has 16 heavy (non-hydrogen) atoms. The molecule has 0 amide bonds. The fraction of sp³-hybridized carbons (Fsp3) is 0.500. The molecular formula is C10H13ClN2O2S. The van der Waals surface area contributed by atoms with E-state index in [2.05, 4.69) is 9.71 Å². The smallest absolute Gasteiger partial charge is 0.240 e. The molecule has 1 aromatic rings. The van der Waals surface area contributed by atoms with Crippen molar-refractivity contribution >= 4 is 21.6 Å². The molecule has 1 fully saturated rings. The third-order valence-electron chi connectivity index (χ3n) is 2.69. The highest BCUT2D eigenvalue weighted by atomic mass is 35.5. The zero-order valence-electron chi connectivity index (χ0n) is 8.69. The molecule has 0 unspecified atom stereocenters. The molecule has 0 aromatic carbocycles. The van der Waals surface area contributed by atoms with Crippen molar-refractivity contribution in [1.82, 2.24) is 9.71 Å². The fourth-order valence-electron chi connectivity index (χ4n) is 1.88. The standard InChI is InChI=1S/C10H13ClN2O2S/c11-10-7-9(5-6-12-10)16(14,15)13-8-3-1-2-4-8/h5-8,13H,1-4H2. The van der Waals surface area contributed by atoms with Crippen LogP contribution in [0, 0.1) is 0 Å². The van der Waals surface area contributed by atoms with Crippen LogP contribution in [0.25, 0.3) is 0 Å². The van der Waals surface area contributed by atoms with Crippen LogP contribution in [0.3, 0.4) is 0 Å². The molecule has 1 heterocycles. The first-order valence-electron chi connectivity index (χ1n) is 5.22. The quantitative estimate of drug-likeness (QED) is 0.845. The lowest BCUT2D eigenvalue weighted by Gasteiger charge is -2.12. The Bertz CT molecular complexity index is 469. The van der Waals surface area contributed by atoms with Crippen molar-refractivity contribution in [3.05, 3.63) is 23.5 Å². The lowest BCUT2D eigenvalue weighted by atomic mass is 10.3. The summed E-state index contributed by atoms with van der Waals surface area (Å²) in [6, 6.07) is 2.87. The van der Waals surface area contributed by atoms with Crippen molar-refractivity contribution in [1.29, 1.82) is 0 Å². The van der Waals surface area contributed by atoms with E-state index in [1.807, 2.05) is 0 Å². The Morgan fingerprint density at radius 2 is 2.06 bits per heavy atom. The Hall–Kier alpha value is -0.650. The van der Waals surface area contributed by atoms with Gasteiger partial charge in [-0.2, -0.15) is 0 Å². The lowest BCUT2D eigenvalue weighted by Crippen LogP contribution is -2.32. The molecule has 0 aliphatic heterocycles. The molecule has 0 atom stereocenters. The van der Waals surface area contributed by atoms with Gasteiger partial charge < -0.3 is 0 Å². The number of hydrogen-bond acceptors (Lipinski definition) is 3. The lowest BCUT2D eigenvalue weighted by molar-refractivity contribution is 0.552. The zero-order chi connectivity index (χ0) is 11.6. The van der Waals surface area contributed by atoms with Crippen LogP contribution in [-0.2, 0) is 10.0 Å². The van der Waals surface area contributed by atoms with E-state index in [4.69, 9.17) is 11.6 Å². The topological polar surface area (TPSA) is 59.1 Å². The highest BCUT2D eigenvalue weighted by Crippen LogP contribution is 2.20. The molecule has 88 valence electrons. The van der Waals surface area contributed by atoms with Gasteiger partial charge in [0.15, 0.2) is 0 Å². The normalized spacial score (nSPS) is 17.8. The third kappa shape index (κ3) is 2.72. The summed E-state index contributed by atoms with van der Waals surface area (Å²) in [7, 11) is -3.44. The predicted molar refractivity (Wildman–Crippen MR) is 61.8 cm³/mol. The van der Waals surface area contributed by atoms with E-state index in [1.165, 1.54) is 18.3 Å². The first kappa shape index (κ1) is 11.8. The first-order valence-corrected chi connectivity index (χ1v) is 7.08. The Labute approximate surface area is 100 Å². The van der Waals surface area contributed by atoms with Crippen molar-refractivity contribution in [2.75, 3.05) is 0 Å². The van der Waals surface area contributed by atoms with E-state index in [0.717, 1.165) is 25.7 Å². The van der Waals surface area contributed by atoms with Gasteiger partial charge in [-0.05, 0) is 25.0 Å². The van der Waals surface area contributed by atoms with Gasteiger partial charge in [0.25, 0.3) is 0 Å². The van der Waals surface area contributed by atoms with Crippen molar-refractivity contribution in [3.63, 3.8) is 0 Å². The minimum Gasteiger partial charge on any atom is -0.244 e. The van der Waals surface area contributed by atoms with E-state index in [-0.39, 0.29) is 16.1 Å². The maximum absolute atomic E-state index is 11.9. The molecular weight excluding hydrogens is 248 g/mol. The van der Waals surface area contributed by atoms with Gasteiger partial charge in [-0.1, -0.05) is 24.4 Å². The molecule has 0 saturated heterocycles. The number of sulfonamides is 1. The number of nitrogens with zero attached hydrogens (tertiary/aromatic N) is 1. The molecule has 1 N–H and O–H groups in total. The van der Waals surface area contributed by atoms with Gasteiger partial charge in [-0.3, -0.25) is 0 Å². The molecule has 6 heteroatoms. The van der Waals surface area contributed by atoms with Crippen molar-refractivity contribution in [2.45, 2.75) is 36.6 Å². The second-order valence-electron chi connectivity index (χ2n) is 3.92. The second-order valence-corrected chi connectivity index (χ2v) is 6.02. The zero-order valence-corrected chi connectivity index (χ0v) is 10.3. The van der Waals surface area contributed by atoms with Crippen LogP contribution in [0.15, 0.2) is 23.2 Å². The van der Waals surface area contributed by atoms with E-state index in [1.54, 1.807) is 0 Å². The Balaban J connectivity index is 2.18. The minimum atomic E-state index is -3.44. The van der Waals surface area contributed by atoms with Crippen LogP contribution in [0.2, 0.25) is 5.15 Å². The molecule has 4 nitrogen and oxygen atoms in total. The van der Waals surface area contributed by atoms with Gasteiger partial charge in [0, 0.05) is 12.2 Å². The Kier molecular flexibility index (Phi) is 3.47. The van der Waals surface area contributed by atoms with Crippen LogP contribution < -0.4 is 4.72 Å². The number of pyridine rings is 1. The molecule has 0 radical (unpaired) electrons. The largest absolute Gasteiger partial charge is 0.244 e. The van der Waals surface area contributed by atoms with E-state index in [0.29, 0.717) is 0 Å². The summed E-state index contributed by atoms with van der Waals surface area (Å²) in [5.74, 6) is 0. The second kappa shape index (κ2) is 4.69. The average molecular weight is 261 g/mol. The number of nitrogens with one attached hydrogen (secondary N) is 1. The maximum Gasteiger partial charge on any atom is 0.240 e. The molecule has 1 aliphatic carbocycles. The summed E-state index contributed by atoms with van der Waals surface area (Å²) in [6.07, 6.45) is 5.40. The summed E-state index contributed by atoms with van der Waals surface area (Å²) < 4.78 is 26.6. The predicted octanol–water partition coefficient (Wildman–Crippen LogP) is 1.96. The number of halogens is 1. The van der Waals surface area contributed by atoms with E-state index >= 15 is 0 Å². The molecule has 1 aromatic heterocycles. The van der Waals surface area contributed by atoms with Crippen molar-refractivity contribution in [3.8, 4) is 0 Å². The van der Waals surface area contributed by atoms with E-state index in [9.17, 15) is 8.42 Å². The van der Waals surface area contributed by atoms with E-state index < -0.39 is 10.0 Å². The minimum absolute atomic E-state index is 0.0666.